The van der Waals surface area contributed by atoms with Crippen molar-refractivity contribution in [2.75, 3.05) is 6.61 Å². The maximum absolute atomic E-state index is 8.86. The number of pyridine rings is 1. The third-order valence-corrected chi connectivity index (χ3v) is 1.99. The summed E-state index contributed by atoms with van der Waals surface area (Å²) < 4.78 is 0. The first-order chi connectivity index (χ1) is 6.81. The van der Waals surface area contributed by atoms with Crippen LogP contribution in [0.5, 0.6) is 0 Å². The number of nitrogens with zero attached hydrogens (tertiary/aromatic N) is 3. The van der Waals surface area contributed by atoms with E-state index in [0.29, 0.717) is 5.69 Å². The molecule has 0 aliphatic carbocycles. The number of fused-ring (bicyclic) bond motifs is 1. The van der Waals surface area contributed by atoms with E-state index in [1.165, 1.54) is 6.33 Å². The lowest BCUT2D eigenvalue weighted by atomic mass is 10.2. The lowest BCUT2D eigenvalue weighted by Gasteiger charge is -2.07. The first kappa shape index (κ1) is 8.98. The van der Waals surface area contributed by atoms with Gasteiger partial charge in [-0.1, -0.05) is 0 Å². The van der Waals surface area contributed by atoms with E-state index in [9.17, 15) is 0 Å². The van der Waals surface area contributed by atoms with E-state index in [1.54, 1.807) is 18.5 Å². The van der Waals surface area contributed by atoms with Crippen LogP contribution in [0, 0.1) is 0 Å². The zero-order valence-corrected chi connectivity index (χ0v) is 7.46. The standard InChI is InChI=1S/C9H10N4O/c10-7(4-14)8-1-6-2-11-5-13-9(6)3-12-8/h1-3,5,7,14H,4,10H2. The van der Waals surface area contributed by atoms with Crippen molar-refractivity contribution in [1.29, 1.82) is 0 Å². The average Bonchev–Trinajstić information content (AvgIpc) is 2.27. The summed E-state index contributed by atoms with van der Waals surface area (Å²) in [6.45, 7) is -0.119. The number of rotatable bonds is 2. The Morgan fingerprint density at radius 3 is 3.00 bits per heavy atom. The fourth-order valence-electron chi connectivity index (χ4n) is 1.20. The Morgan fingerprint density at radius 2 is 2.21 bits per heavy atom. The van der Waals surface area contributed by atoms with E-state index in [1.807, 2.05) is 0 Å². The van der Waals surface area contributed by atoms with Crippen molar-refractivity contribution in [2.45, 2.75) is 6.04 Å². The van der Waals surface area contributed by atoms with Crippen LogP contribution in [0.25, 0.3) is 10.9 Å². The summed E-state index contributed by atoms with van der Waals surface area (Å²) in [7, 11) is 0. The summed E-state index contributed by atoms with van der Waals surface area (Å²) in [6, 6.07) is 1.34. The molecule has 2 rings (SSSR count). The predicted octanol–water partition coefficient (Wildman–Crippen LogP) is 0.0169. The molecule has 5 heteroatoms. The molecule has 5 nitrogen and oxygen atoms in total. The van der Waals surface area contributed by atoms with E-state index in [2.05, 4.69) is 15.0 Å². The van der Waals surface area contributed by atoms with Crippen molar-refractivity contribution in [3.63, 3.8) is 0 Å². The fraction of sp³-hybridized carbons (Fsp3) is 0.222. The first-order valence-electron chi connectivity index (χ1n) is 4.23. The molecule has 1 unspecified atom stereocenters. The van der Waals surface area contributed by atoms with E-state index in [4.69, 9.17) is 10.8 Å². The molecule has 0 bridgehead atoms. The number of aliphatic hydroxyl groups is 1. The average molecular weight is 190 g/mol. The van der Waals surface area contributed by atoms with Gasteiger partial charge in [-0.3, -0.25) is 4.98 Å². The summed E-state index contributed by atoms with van der Waals surface area (Å²) in [5, 5.41) is 9.74. The van der Waals surface area contributed by atoms with Gasteiger partial charge in [0.15, 0.2) is 0 Å². The van der Waals surface area contributed by atoms with Crippen LogP contribution in [-0.4, -0.2) is 26.7 Å². The highest BCUT2D eigenvalue weighted by molar-refractivity contribution is 5.76. The Hall–Kier alpha value is -1.59. The number of nitrogens with two attached hydrogens (primary N) is 1. The van der Waals surface area contributed by atoms with Gasteiger partial charge < -0.3 is 10.8 Å². The highest BCUT2D eigenvalue weighted by atomic mass is 16.3. The van der Waals surface area contributed by atoms with E-state index in [0.717, 1.165) is 10.9 Å². The van der Waals surface area contributed by atoms with Crippen LogP contribution >= 0.6 is 0 Å². The van der Waals surface area contributed by atoms with Gasteiger partial charge in [0.1, 0.15) is 6.33 Å². The molecule has 0 aliphatic heterocycles. The number of hydrogen-bond acceptors (Lipinski definition) is 5. The molecular weight excluding hydrogens is 180 g/mol. The lowest BCUT2D eigenvalue weighted by Crippen LogP contribution is -2.15. The van der Waals surface area contributed by atoms with Gasteiger partial charge in [-0.15, -0.1) is 0 Å². The van der Waals surface area contributed by atoms with Crippen LogP contribution in [0.2, 0.25) is 0 Å². The van der Waals surface area contributed by atoms with Crippen LogP contribution < -0.4 is 5.73 Å². The molecule has 0 fully saturated rings. The normalized spacial score (nSPS) is 13.0. The number of hydrogen-bond donors (Lipinski definition) is 2. The summed E-state index contributed by atoms with van der Waals surface area (Å²) in [4.78, 5) is 12.0. The smallest absolute Gasteiger partial charge is 0.116 e. The summed E-state index contributed by atoms with van der Waals surface area (Å²) in [5.74, 6) is 0. The number of aliphatic hydroxyl groups excluding tert-OH is 1. The van der Waals surface area contributed by atoms with Gasteiger partial charge in [0.2, 0.25) is 0 Å². The van der Waals surface area contributed by atoms with Gasteiger partial charge in [0.05, 0.1) is 30.1 Å². The van der Waals surface area contributed by atoms with Gasteiger partial charge in [0, 0.05) is 11.6 Å². The molecular formula is C9H10N4O. The highest BCUT2D eigenvalue weighted by Gasteiger charge is 2.06. The molecule has 2 aromatic rings. The second kappa shape index (κ2) is 3.65. The topological polar surface area (TPSA) is 84.9 Å². The third-order valence-electron chi connectivity index (χ3n) is 1.99. The minimum atomic E-state index is -0.445. The van der Waals surface area contributed by atoms with Crippen LogP contribution in [0.4, 0.5) is 0 Å². The molecule has 3 N–H and O–H groups in total. The molecule has 2 aromatic heterocycles. The Kier molecular flexibility index (Phi) is 2.34. The fourth-order valence-corrected chi connectivity index (χ4v) is 1.20. The minimum absolute atomic E-state index is 0.119. The molecule has 2 heterocycles. The van der Waals surface area contributed by atoms with Crippen molar-refractivity contribution >= 4 is 10.9 Å². The van der Waals surface area contributed by atoms with Crippen molar-refractivity contribution in [1.82, 2.24) is 15.0 Å². The van der Waals surface area contributed by atoms with Gasteiger partial charge in [-0.25, -0.2) is 9.97 Å². The van der Waals surface area contributed by atoms with E-state index in [-0.39, 0.29) is 6.61 Å². The molecule has 1 atom stereocenters. The van der Waals surface area contributed by atoms with Crippen LogP contribution in [-0.2, 0) is 0 Å². The molecule has 14 heavy (non-hydrogen) atoms. The molecule has 72 valence electrons. The maximum Gasteiger partial charge on any atom is 0.116 e. The molecule has 0 aliphatic rings. The molecule has 0 amide bonds. The Balaban J connectivity index is 2.51. The third kappa shape index (κ3) is 1.55. The Labute approximate surface area is 80.6 Å². The number of aromatic nitrogens is 3. The molecule has 0 saturated heterocycles. The van der Waals surface area contributed by atoms with E-state index < -0.39 is 6.04 Å². The van der Waals surface area contributed by atoms with Crippen LogP contribution in [0.15, 0.2) is 24.8 Å². The van der Waals surface area contributed by atoms with Crippen LogP contribution in [0.3, 0.4) is 0 Å². The Bertz CT molecular complexity index is 446. The van der Waals surface area contributed by atoms with Gasteiger partial charge in [-0.05, 0) is 6.07 Å². The van der Waals surface area contributed by atoms with Crippen molar-refractivity contribution < 1.29 is 5.11 Å². The van der Waals surface area contributed by atoms with Gasteiger partial charge in [-0.2, -0.15) is 0 Å². The molecule has 0 aromatic carbocycles. The van der Waals surface area contributed by atoms with Crippen molar-refractivity contribution in [3.8, 4) is 0 Å². The summed E-state index contributed by atoms with van der Waals surface area (Å²) >= 11 is 0. The zero-order chi connectivity index (χ0) is 9.97. The molecule has 0 radical (unpaired) electrons. The van der Waals surface area contributed by atoms with Crippen LogP contribution in [0.1, 0.15) is 11.7 Å². The molecule has 0 spiro atoms. The van der Waals surface area contributed by atoms with Gasteiger partial charge in [0.25, 0.3) is 0 Å². The monoisotopic (exact) mass is 190 g/mol. The highest BCUT2D eigenvalue weighted by Crippen LogP contribution is 2.13. The Morgan fingerprint density at radius 1 is 1.36 bits per heavy atom. The first-order valence-corrected chi connectivity index (χ1v) is 4.23. The second-order valence-electron chi connectivity index (χ2n) is 2.98. The second-order valence-corrected chi connectivity index (χ2v) is 2.98. The minimum Gasteiger partial charge on any atom is -0.394 e. The maximum atomic E-state index is 8.86. The van der Waals surface area contributed by atoms with E-state index >= 15 is 0 Å². The molecule has 0 saturated carbocycles. The van der Waals surface area contributed by atoms with Crippen molar-refractivity contribution in [3.05, 3.63) is 30.5 Å². The van der Waals surface area contributed by atoms with Gasteiger partial charge >= 0.3 is 0 Å². The summed E-state index contributed by atoms with van der Waals surface area (Å²) in [6.07, 6.45) is 4.79. The SMILES string of the molecule is NC(CO)c1cc2cncnc2cn1. The lowest BCUT2D eigenvalue weighted by molar-refractivity contribution is 0.266. The van der Waals surface area contributed by atoms with Crippen molar-refractivity contribution in [2.24, 2.45) is 5.73 Å². The quantitative estimate of drug-likeness (QED) is 0.697. The largest absolute Gasteiger partial charge is 0.394 e. The predicted molar refractivity (Wildman–Crippen MR) is 51.3 cm³/mol. The zero-order valence-electron chi connectivity index (χ0n) is 7.46. The summed E-state index contributed by atoms with van der Waals surface area (Å²) in [5.41, 5.74) is 7.05.